The number of hydrogen-bond acceptors (Lipinski definition) is 3. The Balaban J connectivity index is 1.92. The van der Waals surface area contributed by atoms with Crippen LogP contribution in [-0.4, -0.2) is 16.9 Å². The van der Waals surface area contributed by atoms with E-state index in [9.17, 15) is 19.1 Å². The molecule has 3 rings (SSSR count). The van der Waals surface area contributed by atoms with Crippen molar-refractivity contribution in [1.29, 1.82) is 0 Å². The fraction of sp³-hybridized carbons (Fsp3) is 0.0909. The normalized spacial score (nSPS) is 11.7. The Morgan fingerprint density at radius 3 is 2.19 bits per heavy atom. The number of halogens is 1. The van der Waals surface area contributed by atoms with Gasteiger partial charge in [0.15, 0.2) is 5.78 Å². The summed E-state index contributed by atoms with van der Waals surface area (Å²) in [5.74, 6) is -1.43. The van der Waals surface area contributed by atoms with Gasteiger partial charge in [-0.1, -0.05) is 54.6 Å². The number of carboxylic acid groups (broad SMARTS) is 1. The van der Waals surface area contributed by atoms with Crippen molar-refractivity contribution in [2.75, 3.05) is 0 Å². The van der Waals surface area contributed by atoms with Crippen LogP contribution < -0.4 is 0 Å². The molecule has 3 nitrogen and oxygen atoms in total. The average Bonchev–Trinajstić information content (AvgIpc) is 2.69. The van der Waals surface area contributed by atoms with E-state index in [-0.39, 0.29) is 28.8 Å². The van der Waals surface area contributed by atoms with Crippen molar-refractivity contribution in [3.8, 4) is 0 Å². The predicted molar refractivity (Wildman–Crippen MR) is 104 cm³/mol. The molecule has 0 aromatic heterocycles. The molecule has 27 heavy (non-hydrogen) atoms. The Morgan fingerprint density at radius 1 is 0.889 bits per heavy atom. The van der Waals surface area contributed by atoms with Crippen LogP contribution >= 0.6 is 11.8 Å². The molecule has 3 aromatic carbocycles. The number of thioether (sulfide) groups is 1. The van der Waals surface area contributed by atoms with E-state index in [1.807, 2.05) is 6.07 Å². The van der Waals surface area contributed by atoms with Crippen LogP contribution in [0.25, 0.3) is 0 Å². The maximum Gasteiger partial charge on any atom is 0.336 e. The van der Waals surface area contributed by atoms with Gasteiger partial charge in [0.1, 0.15) is 5.82 Å². The lowest BCUT2D eigenvalue weighted by Crippen LogP contribution is -2.07. The summed E-state index contributed by atoms with van der Waals surface area (Å²) in [6, 6.07) is 21.6. The van der Waals surface area contributed by atoms with Crippen molar-refractivity contribution < 1.29 is 19.1 Å². The minimum absolute atomic E-state index is 0.0507. The second kappa shape index (κ2) is 8.64. The fourth-order valence-electron chi connectivity index (χ4n) is 2.71. The topological polar surface area (TPSA) is 54.4 Å². The Morgan fingerprint density at radius 2 is 1.52 bits per heavy atom. The molecule has 1 unspecified atom stereocenters. The third-order valence-corrected chi connectivity index (χ3v) is 5.43. The summed E-state index contributed by atoms with van der Waals surface area (Å²) < 4.78 is 13.3. The van der Waals surface area contributed by atoms with Crippen molar-refractivity contribution in [1.82, 2.24) is 0 Å². The Bertz CT molecular complexity index is 939. The SMILES string of the molecule is O=C(CC(Sc1ccccc1C(=O)O)c1ccc(F)cc1)c1ccccc1. The zero-order valence-corrected chi connectivity index (χ0v) is 15.2. The summed E-state index contributed by atoms with van der Waals surface area (Å²) in [5, 5.41) is 9.08. The first-order chi connectivity index (χ1) is 13.0. The van der Waals surface area contributed by atoms with E-state index in [1.54, 1.807) is 54.6 Å². The minimum atomic E-state index is -1.02. The van der Waals surface area contributed by atoms with Gasteiger partial charge >= 0.3 is 5.97 Å². The van der Waals surface area contributed by atoms with Gasteiger partial charge in [0.25, 0.3) is 0 Å². The van der Waals surface area contributed by atoms with E-state index >= 15 is 0 Å². The lowest BCUT2D eigenvalue weighted by Gasteiger charge is -2.18. The number of aromatic carboxylic acids is 1. The second-order valence-electron chi connectivity index (χ2n) is 5.95. The highest BCUT2D eigenvalue weighted by molar-refractivity contribution is 7.99. The summed E-state index contributed by atoms with van der Waals surface area (Å²) in [7, 11) is 0. The van der Waals surface area contributed by atoms with E-state index in [4.69, 9.17) is 0 Å². The van der Waals surface area contributed by atoms with Crippen LogP contribution in [0.4, 0.5) is 4.39 Å². The molecule has 0 aliphatic rings. The summed E-state index contributed by atoms with van der Waals surface area (Å²) in [6.07, 6.45) is 0.175. The van der Waals surface area contributed by atoms with Crippen LogP contribution in [0.2, 0.25) is 0 Å². The van der Waals surface area contributed by atoms with Crippen molar-refractivity contribution in [3.05, 3.63) is 101 Å². The summed E-state index contributed by atoms with van der Waals surface area (Å²) >= 11 is 1.30. The van der Waals surface area contributed by atoms with E-state index in [0.717, 1.165) is 5.56 Å². The molecule has 3 aromatic rings. The summed E-state index contributed by atoms with van der Waals surface area (Å²) in [6.45, 7) is 0. The molecule has 0 aliphatic carbocycles. The van der Waals surface area contributed by atoms with Crippen LogP contribution in [-0.2, 0) is 0 Å². The van der Waals surface area contributed by atoms with E-state index < -0.39 is 5.97 Å². The van der Waals surface area contributed by atoms with Crippen molar-refractivity contribution in [2.45, 2.75) is 16.6 Å². The first kappa shape index (κ1) is 18.9. The molecule has 136 valence electrons. The van der Waals surface area contributed by atoms with Gasteiger partial charge in [-0.3, -0.25) is 4.79 Å². The minimum Gasteiger partial charge on any atom is -0.478 e. The molecule has 0 saturated heterocycles. The Kier molecular flexibility index (Phi) is 6.04. The van der Waals surface area contributed by atoms with E-state index in [2.05, 4.69) is 0 Å². The van der Waals surface area contributed by atoms with Gasteiger partial charge in [0.2, 0.25) is 0 Å². The number of benzene rings is 3. The zero-order valence-electron chi connectivity index (χ0n) is 14.3. The largest absolute Gasteiger partial charge is 0.478 e. The highest BCUT2D eigenvalue weighted by Gasteiger charge is 2.21. The van der Waals surface area contributed by atoms with Crippen LogP contribution in [0.15, 0.2) is 83.8 Å². The molecule has 0 bridgehead atoms. The lowest BCUT2D eigenvalue weighted by molar-refractivity contribution is 0.0693. The van der Waals surface area contributed by atoms with Crippen LogP contribution in [0, 0.1) is 5.82 Å². The number of carbonyl (C=O) groups excluding carboxylic acids is 1. The highest BCUT2D eigenvalue weighted by Crippen LogP contribution is 2.40. The van der Waals surface area contributed by atoms with Crippen molar-refractivity contribution >= 4 is 23.5 Å². The fourth-order valence-corrected chi connectivity index (χ4v) is 3.99. The van der Waals surface area contributed by atoms with E-state index in [1.165, 1.54) is 30.0 Å². The number of carbonyl (C=O) groups is 2. The van der Waals surface area contributed by atoms with Crippen LogP contribution in [0.3, 0.4) is 0 Å². The molecule has 0 saturated carbocycles. The molecule has 0 radical (unpaired) electrons. The molecule has 0 amide bonds. The number of ketones is 1. The summed E-state index contributed by atoms with van der Waals surface area (Å²) in [5.41, 5.74) is 1.55. The predicted octanol–water partition coefficient (Wildman–Crippen LogP) is 5.63. The molecule has 1 N–H and O–H groups in total. The third kappa shape index (κ3) is 4.83. The number of rotatable bonds is 7. The number of hydrogen-bond donors (Lipinski definition) is 1. The smallest absolute Gasteiger partial charge is 0.336 e. The molecule has 5 heteroatoms. The van der Waals surface area contributed by atoms with Crippen molar-refractivity contribution in [3.63, 3.8) is 0 Å². The van der Waals surface area contributed by atoms with Crippen LogP contribution in [0.5, 0.6) is 0 Å². The standard InChI is InChI=1S/C22H17FO3S/c23-17-12-10-16(11-13-17)21(14-19(24)15-6-2-1-3-7-15)27-20-9-5-4-8-18(20)22(25)26/h1-13,21H,14H2,(H,25,26). The Labute approximate surface area is 160 Å². The molecular weight excluding hydrogens is 363 g/mol. The molecular formula is C22H17FO3S. The van der Waals surface area contributed by atoms with Gasteiger partial charge in [-0.2, -0.15) is 0 Å². The second-order valence-corrected chi connectivity index (χ2v) is 7.20. The van der Waals surface area contributed by atoms with Gasteiger partial charge in [0.05, 0.1) is 5.56 Å². The monoisotopic (exact) mass is 380 g/mol. The first-order valence-electron chi connectivity index (χ1n) is 8.37. The number of carboxylic acids is 1. The lowest BCUT2D eigenvalue weighted by atomic mass is 10.0. The highest BCUT2D eigenvalue weighted by atomic mass is 32.2. The first-order valence-corrected chi connectivity index (χ1v) is 9.25. The maximum atomic E-state index is 13.3. The quantitative estimate of drug-likeness (QED) is 0.426. The van der Waals surface area contributed by atoms with Gasteiger partial charge in [-0.15, -0.1) is 11.8 Å². The van der Waals surface area contributed by atoms with Gasteiger partial charge in [-0.25, -0.2) is 9.18 Å². The third-order valence-electron chi connectivity index (χ3n) is 4.10. The average molecular weight is 380 g/mol. The molecule has 0 fully saturated rings. The number of Topliss-reactive ketones (excluding diaryl/α,β-unsaturated/α-hetero) is 1. The molecule has 0 heterocycles. The zero-order chi connectivity index (χ0) is 19.2. The van der Waals surface area contributed by atoms with Gasteiger partial charge in [0, 0.05) is 22.1 Å². The molecule has 0 spiro atoms. The van der Waals surface area contributed by atoms with Gasteiger partial charge < -0.3 is 5.11 Å². The Hall–Kier alpha value is -2.92. The van der Waals surface area contributed by atoms with Gasteiger partial charge in [-0.05, 0) is 29.8 Å². The molecule has 1 atom stereocenters. The van der Waals surface area contributed by atoms with Crippen LogP contribution in [0.1, 0.15) is 38.0 Å². The van der Waals surface area contributed by atoms with Crippen molar-refractivity contribution in [2.24, 2.45) is 0 Å². The summed E-state index contributed by atoms with van der Waals surface area (Å²) in [4.78, 5) is 24.8. The van der Waals surface area contributed by atoms with E-state index in [0.29, 0.717) is 10.5 Å². The maximum absolute atomic E-state index is 13.3. The molecule has 0 aliphatic heterocycles.